The van der Waals surface area contributed by atoms with E-state index in [4.69, 9.17) is 4.74 Å². The van der Waals surface area contributed by atoms with Gasteiger partial charge in [0.2, 0.25) is 0 Å². The van der Waals surface area contributed by atoms with Crippen molar-refractivity contribution in [2.75, 3.05) is 31.7 Å². The molecule has 1 aromatic heterocycles. The number of hydrogen-bond acceptors (Lipinski definition) is 5. The highest BCUT2D eigenvalue weighted by atomic mass is 16.5. The van der Waals surface area contributed by atoms with Crippen LogP contribution in [0.4, 0.5) is 5.82 Å². The normalized spacial score (nSPS) is 17.4. The summed E-state index contributed by atoms with van der Waals surface area (Å²) >= 11 is 0. The molecule has 0 saturated carbocycles. The van der Waals surface area contributed by atoms with Crippen molar-refractivity contribution < 1.29 is 9.84 Å². The quantitative estimate of drug-likeness (QED) is 0.575. The Morgan fingerprint density at radius 3 is 2.52 bits per heavy atom. The van der Waals surface area contributed by atoms with Crippen LogP contribution in [-0.4, -0.2) is 43.1 Å². The lowest BCUT2D eigenvalue weighted by Gasteiger charge is -2.30. The highest BCUT2D eigenvalue weighted by Crippen LogP contribution is 2.39. The zero-order chi connectivity index (χ0) is 21.5. The third-order valence-electron chi connectivity index (χ3n) is 5.72. The minimum Gasteiger partial charge on any atom is -0.491 e. The standard InChI is InChI=1S/C26H27N3O2/c1-29(25-13-7-8-14-28-25)15-16-31-24-12-6-5-9-21(24)17-26(20-27-18-23(26)19-30)22-10-3-2-4-11-22/h2-14,18,20,30H,15-17,19H2,1H3. The Hall–Kier alpha value is -3.44. The van der Waals surface area contributed by atoms with Gasteiger partial charge in [0.15, 0.2) is 0 Å². The van der Waals surface area contributed by atoms with E-state index >= 15 is 0 Å². The Bertz CT molecular complexity index is 1050. The lowest BCUT2D eigenvalue weighted by Crippen LogP contribution is -2.33. The van der Waals surface area contributed by atoms with E-state index in [-0.39, 0.29) is 6.61 Å². The molecule has 1 unspecified atom stereocenters. The van der Waals surface area contributed by atoms with E-state index in [0.29, 0.717) is 13.0 Å². The Morgan fingerprint density at radius 1 is 0.968 bits per heavy atom. The summed E-state index contributed by atoms with van der Waals surface area (Å²) in [6.07, 6.45) is 6.18. The molecule has 2 aromatic carbocycles. The summed E-state index contributed by atoms with van der Waals surface area (Å²) < 4.78 is 6.19. The monoisotopic (exact) mass is 413 g/mol. The van der Waals surface area contributed by atoms with Crippen molar-refractivity contribution >= 4 is 12.0 Å². The maximum Gasteiger partial charge on any atom is 0.128 e. The van der Waals surface area contributed by atoms with E-state index in [9.17, 15) is 5.11 Å². The first kappa shape index (κ1) is 20.8. The molecule has 5 nitrogen and oxygen atoms in total. The van der Waals surface area contributed by atoms with Crippen molar-refractivity contribution in [1.82, 2.24) is 4.98 Å². The first-order valence-electron chi connectivity index (χ1n) is 10.5. The highest BCUT2D eigenvalue weighted by molar-refractivity contribution is 5.83. The number of rotatable bonds is 9. The lowest BCUT2D eigenvalue weighted by atomic mass is 9.72. The van der Waals surface area contributed by atoms with Crippen LogP contribution in [0.3, 0.4) is 0 Å². The van der Waals surface area contributed by atoms with Gasteiger partial charge in [0.1, 0.15) is 18.2 Å². The number of aliphatic hydroxyl groups is 1. The third kappa shape index (κ3) is 4.52. The molecule has 1 aliphatic rings. The molecule has 0 bridgehead atoms. The second-order valence-corrected chi connectivity index (χ2v) is 7.67. The molecule has 1 atom stereocenters. The fraction of sp³-hybridized carbons (Fsp3) is 0.231. The summed E-state index contributed by atoms with van der Waals surface area (Å²) in [6, 6.07) is 24.2. The van der Waals surface area contributed by atoms with Gasteiger partial charge < -0.3 is 14.7 Å². The van der Waals surface area contributed by atoms with Gasteiger partial charge >= 0.3 is 0 Å². The first-order chi connectivity index (χ1) is 15.2. The number of aliphatic imine (C=N–C) groups is 1. The number of aromatic nitrogens is 1. The fourth-order valence-electron chi connectivity index (χ4n) is 3.97. The van der Waals surface area contributed by atoms with E-state index in [1.165, 1.54) is 0 Å². The molecule has 4 rings (SSSR count). The van der Waals surface area contributed by atoms with Crippen LogP contribution in [0.1, 0.15) is 11.1 Å². The maximum absolute atomic E-state index is 10.0. The summed E-state index contributed by atoms with van der Waals surface area (Å²) in [5.41, 5.74) is 2.62. The van der Waals surface area contributed by atoms with Crippen LogP contribution in [-0.2, 0) is 11.8 Å². The SMILES string of the molecule is CN(CCOc1ccccc1CC1(c2ccccc2)C=NC=C1CO)c1ccccn1. The van der Waals surface area contributed by atoms with Gasteiger partial charge in [-0.2, -0.15) is 0 Å². The molecule has 158 valence electrons. The molecule has 5 heteroatoms. The van der Waals surface area contributed by atoms with Crippen LogP contribution in [0.25, 0.3) is 0 Å². The second-order valence-electron chi connectivity index (χ2n) is 7.67. The number of aliphatic hydroxyl groups excluding tert-OH is 1. The van der Waals surface area contributed by atoms with Crippen molar-refractivity contribution in [3.8, 4) is 5.75 Å². The summed E-state index contributed by atoms with van der Waals surface area (Å²) in [5.74, 6) is 1.77. The predicted molar refractivity (Wildman–Crippen MR) is 125 cm³/mol. The van der Waals surface area contributed by atoms with Gasteiger partial charge in [-0.05, 0) is 41.3 Å². The van der Waals surface area contributed by atoms with Crippen molar-refractivity contribution in [1.29, 1.82) is 0 Å². The molecule has 0 amide bonds. The van der Waals surface area contributed by atoms with Gasteiger partial charge in [0.05, 0.1) is 18.6 Å². The van der Waals surface area contributed by atoms with E-state index in [1.54, 1.807) is 12.4 Å². The largest absolute Gasteiger partial charge is 0.491 e. The number of likely N-dealkylation sites (N-methyl/N-ethyl adjacent to an activating group) is 1. The smallest absolute Gasteiger partial charge is 0.128 e. The minimum atomic E-state index is -0.472. The first-order valence-corrected chi connectivity index (χ1v) is 10.5. The molecule has 0 fully saturated rings. The van der Waals surface area contributed by atoms with Crippen LogP contribution >= 0.6 is 0 Å². The number of ether oxygens (including phenoxy) is 1. The Morgan fingerprint density at radius 2 is 1.74 bits per heavy atom. The van der Waals surface area contributed by atoms with Gasteiger partial charge in [-0.1, -0.05) is 54.6 Å². The van der Waals surface area contributed by atoms with E-state index in [2.05, 4.69) is 33.1 Å². The summed E-state index contributed by atoms with van der Waals surface area (Å²) in [5, 5.41) is 10.0. The minimum absolute atomic E-state index is 0.0349. The highest BCUT2D eigenvalue weighted by Gasteiger charge is 2.37. The van der Waals surface area contributed by atoms with Crippen molar-refractivity contribution in [3.05, 3.63) is 102 Å². The molecule has 0 saturated heterocycles. The number of hydrogen-bond donors (Lipinski definition) is 1. The lowest BCUT2D eigenvalue weighted by molar-refractivity contribution is 0.311. The Balaban J connectivity index is 1.52. The molecule has 31 heavy (non-hydrogen) atoms. The van der Waals surface area contributed by atoms with Gasteiger partial charge in [0.25, 0.3) is 0 Å². The van der Waals surface area contributed by atoms with Gasteiger partial charge in [0, 0.05) is 25.7 Å². The molecular formula is C26H27N3O2. The fourth-order valence-corrected chi connectivity index (χ4v) is 3.97. The molecule has 0 aliphatic carbocycles. The summed E-state index contributed by atoms with van der Waals surface area (Å²) in [4.78, 5) is 10.9. The predicted octanol–water partition coefficient (Wildman–Crippen LogP) is 4.04. The average molecular weight is 414 g/mol. The zero-order valence-corrected chi connectivity index (χ0v) is 17.7. The number of benzene rings is 2. The number of nitrogens with zero attached hydrogens (tertiary/aromatic N) is 3. The maximum atomic E-state index is 10.0. The van der Waals surface area contributed by atoms with Crippen molar-refractivity contribution in [3.63, 3.8) is 0 Å². The molecule has 3 aromatic rings. The number of anilines is 1. The number of para-hydroxylation sites is 1. The Labute approximate surface area is 183 Å². The zero-order valence-electron chi connectivity index (χ0n) is 17.7. The van der Waals surface area contributed by atoms with Gasteiger partial charge in [-0.15, -0.1) is 0 Å². The second kappa shape index (κ2) is 9.58. The molecule has 1 N–H and O–H groups in total. The summed E-state index contributed by atoms with van der Waals surface area (Å²) in [6.45, 7) is 1.23. The van der Waals surface area contributed by atoms with E-state index in [0.717, 1.165) is 34.8 Å². The molecular weight excluding hydrogens is 386 g/mol. The van der Waals surface area contributed by atoms with E-state index < -0.39 is 5.41 Å². The number of pyridine rings is 1. The van der Waals surface area contributed by atoms with Gasteiger partial charge in [-0.25, -0.2) is 4.98 Å². The summed E-state index contributed by atoms with van der Waals surface area (Å²) in [7, 11) is 2.01. The van der Waals surface area contributed by atoms with Crippen LogP contribution in [0.5, 0.6) is 5.75 Å². The van der Waals surface area contributed by atoms with Crippen LogP contribution in [0.2, 0.25) is 0 Å². The molecule has 1 aliphatic heterocycles. The topological polar surface area (TPSA) is 58.0 Å². The molecule has 2 heterocycles. The van der Waals surface area contributed by atoms with E-state index in [1.807, 2.05) is 67.9 Å². The van der Waals surface area contributed by atoms with Crippen molar-refractivity contribution in [2.45, 2.75) is 11.8 Å². The Kier molecular flexibility index (Phi) is 6.43. The van der Waals surface area contributed by atoms with Crippen LogP contribution in [0.15, 0.2) is 95.8 Å². The molecule has 0 radical (unpaired) electrons. The van der Waals surface area contributed by atoms with Crippen molar-refractivity contribution in [2.24, 2.45) is 4.99 Å². The molecule has 0 spiro atoms. The van der Waals surface area contributed by atoms with Crippen LogP contribution in [0, 0.1) is 0 Å². The van der Waals surface area contributed by atoms with Crippen LogP contribution < -0.4 is 9.64 Å². The third-order valence-corrected chi connectivity index (χ3v) is 5.72. The van der Waals surface area contributed by atoms with Gasteiger partial charge in [-0.3, -0.25) is 4.99 Å². The average Bonchev–Trinajstić information content (AvgIpc) is 3.25.